The van der Waals surface area contributed by atoms with Gasteiger partial charge < -0.3 is 4.42 Å². The zero-order valence-electron chi connectivity index (χ0n) is 2.49. The monoisotopic (exact) mass is 65.0 g/mol. The lowest BCUT2D eigenvalue weighted by atomic mass is 10.7. The number of furan rings is 1. The lowest BCUT2D eigenvalue weighted by molar-refractivity contribution is 0.549. The maximum Gasteiger partial charge on any atom is 0.178 e. The Hall–Kier alpha value is -0.720. The van der Waals surface area contributed by atoms with Gasteiger partial charge in [0.05, 0.1) is 0 Å². The molecule has 0 unspecified atom stereocenters. The van der Waals surface area contributed by atoms with Crippen LogP contribution in [0.15, 0.2) is 10.5 Å². The van der Waals surface area contributed by atoms with Gasteiger partial charge in [-0.3, -0.25) is 0 Å². The molecule has 0 saturated heterocycles. The van der Waals surface area contributed by atoms with Crippen molar-refractivity contribution in [3.63, 3.8) is 0 Å². The van der Waals surface area contributed by atoms with Crippen LogP contribution in [0.3, 0.4) is 0 Å². The summed E-state index contributed by atoms with van der Waals surface area (Å²) in [4.78, 5) is 0. The van der Waals surface area contributed by atoms with Crippen molar-refractivity contribution in [2.45, 2.75) is 0 Å². The molecule has 0 bridgehead atoms. The van der Waals surface area contributed by atoms with Gasteiger partial charge in [0.1, 0.15) is 0 Å². The predicted octanol–water partition coefficient (Wildman–Crippen LogP) is 0.680. The van der Waals surface area contributed by atoms with Crippen LogP contribution in [0.2, 0.25) is 0 Å². The summed E-state index contributed by atoms with van der Waals surface area (Å²) < 4.78 is 4.28. The Morgan fingerprint density at radius 2 is 2.60 bits per heavy atom. The highest BCUT2D eigenvalue weighted by atomic mass is 16.3. The number of hydrogen-bond acceptors (Lipinski definition) is 1. The van der Waals surface area contributed by atoms with Gasteiger partial charge in [-0.05, 0) is 6.07 Å². The SMILES string of the molecule is [c]1[c]o[c]c1. The molecular weight excluding hydrogens is 64.0 g/mol. The predicted molar refractivity (Wildman–Crippen MR) is 15.2 cm³/mol. The lowest BCUT2D eigenvalue weighted by Crippen LogP contribution is -1.22. The summed E-state index contributed by atoms with van der Waals surface area (Å²) in [6, 6.07) is 4.04. The van der Waals surface area contributed by atoms with Crippen LogP contribution in [0.5, 0.6) is 0 Å². The highest BCUT2D eigenvalue weighted by Gasteiger charge is 1.64. The molecule has 0 fully saturated rings. The van der Waals surface area contributed by atoms with Crippen LogP contribution >= 0.6 is 0 Å². The third-order valence-electron chi connectivity index (χ3n) is 0.300. The van der Waals surface area contributed by atoms with E-state index < -0.39 is 0 Å². The molecule has 3 radical (unpaired) electrons. The topological polar surface area (TPSA) is 13.1 Å². The van der Waals surface area contributed by atoms with Crippen LogP contribution in [-0.2, 0) is 0 Å². The average Bonchev–Trinajstić information content (AvgIpc) is 1.76. The zero-order valence-corrected chi connectivity index (χ0v) is 2.49. The van der Waals surface area contributed by atoms with Crippen molar-refractivity contribution < 1.29 is 4.42 Å². The van der Waals surface area contributed by atoms with E-state index in [9.17, 15) is 0 Å². The molecule has 0 aliphatic heterocycles. The second kappa shape index (κ2) is 0.931. The van der Waals surface area contributed by atoms with E-state index in [1.807, 2.05) is 0 Å². The average molecular weight is 65.1 g/mol. The van der Waals surface area contributed by atoms with E-state index in [1.54, 1.807) is 0 Å². The van der Waals surface area contributed by atoms with E-state index in [1.165, 1.54) is 6.07 Å². The molecule has 0 aliphatic carbocycles. The van der Waals surface area contributed by atoms with Crippen LogP contribution < -0.4 is 0 Å². The lowest BCUT2D eigenvalue weighted by Gasteiger charge is -1.45. The Kier molecular flexibility index (Phi) is 0.468. The van der Waals surface area contributed by atoms with Crippen LogP contribution in [0.1, 0.15) is 0 Å². The molecule has 0 spiro atoms. The van der Waals surface area contributed by atoms with Gasteiger partial charge in [-0.15, -0.1) is 0 Å². The summed E-state index contributed by atoms with van der Waals surface area (Å²) >= 11 is 0. The van der Waals surface area contributed by atoms with Crippen molar-refractivity contribution >= 4 is 0 Å². The van der Waals surface area contributed by atoms with Gasteiger partial charge in [0, 0.05) is 6.07 Å². The fourth-order valence-corrected chi connectivity index (χ4v) is 0.147. The molecule has 1 heteroatoms. The largest absolute Gasteiger partial charge is 0.449 e. The van der Waals surface area contributed by atoms with Crippen molar-refractivity contribution in [2.24, 2.45) is 0 Å². The molecule has 1 aromatic heterocycles. The molecule has 0 N–H and O–H groups in total. The first-order valence-electron chi connectivity index (χ1n) is 1.24. The van der Waals surface area contributed by atoms with Crippen LogP contribution in [-0.4, -0.2) is 0 Å². The highest BCUT2D eigenvalue weighted by molar-refractivity contribution is 4.72. The Labute approximate surface area is 30.2 Å². The smallest absolute Gasteiger partial charge is 0.178 e. The summed E-state index contributed by atoms with van der Waals surface area (Å²) in [6.07, 6.45) is 4.68. The molecule has 1 nitrogen and oxygen atoms in total. The van der Waals surface area contributed by atoms with Crippen molar-refractivity contribution in [1.82, 2.24) is 0 Å². The van der Waals surface area contributed by atoms with Gasteiger partial charge in [0.25, 0.3) is 0 Å². The molecule has 23 valence electrons. The molecule has 0 amide bonds. The van der Waals surface area contributed by atoms with Gasteiger partial charge in [0.2, 0.25) is 0 Å². The standard InChI is InChI=1S/C4HO/c1-2-4-5-3-1/h1H. The summed E-state index contributed by atoms with van der Waals surface area (Å²) in [5.41, 5.74) is 0. The number of hydrogen-bond donors (Lipinski definition) is 0. The maximum atomic E-state index is 4.28. The van der Waals surface area contributed by atoms with E-state index in [-0.39, 0.29) is 0 Å². The van der Waals surface area contributed by atoms with E-state index in [0.717, 1.165) is 0 Å². The van der Waals surface area contributed by atoms with Gasteiger partial charge in [-0.25, -0.2) is 0 Å². The second-order valence-corrected chi connectivity index (χ2v) is 0.611. The van der Waals surface area contributed by atoms with Crippen molar-refractivity contribution in [3.8, 4) is 0 Å². The molecule has 0 saturated carbocycles. The molecule has 0 aliphatic rings. The fourth-order valence-electron chi connectivity index (χ4n) is 0.147. The molecule has 0 atom stereocenters. The summed E-state index contributed by atoms with van der Waals surface area (Å²) in [5, 5.41) is 0. The Morgan fingerprint density at radius 3 is 2.80 bits per heavy atom. The van der Waals surface area contributed by atoms with Gasteiger partial charge >= 0.3 is 0 Å². The Morgan fingerprint density at radius 1 is 1.60 bits per heavy atom. The van der Waals surface area contributed by atoms with Gasteiger partial charge in [0.15, 0.2) is 12.5 Å². The molecule has 0 aromatic carbocycles. The van der Waals surface area contributed by atoms with Crippen molar-refractivity contribution in [1.29, 1.82) is 0 Å². The summed E-state index contributed by atoms with van der Waals surface area (Å²) in [7, 11) is 0. The molecular formula is C4HO. The third kappa shape index (κ3) is 0.293. The molecule has 1 aromatic rings. The van der Waals surface area contributed by atoms with E-state index in [0.29, 0.717) is 0 Å². The van der Waals surface area contributed by atoms with E-state index >= 15 is 0 Å². The second-order valence-electron chi connectivity index (χ2n) is 0.611. The summed E-state index contributed by atoms with van der Waals surface area (Å²) in [5.74, 6) is 0. The minimum absolute atomic E-state index is 1.53. The maximum absolute atomic E-state index is 4.28. The minimum Gasteiger partial charge on any atom is -0.449 e. The van der Waals surface area contributed by atoms with Crippen molar-refractivity contribution in [3.05, 3.63) is 24.7 Å². The Bertz CT molecular complexity index is 60.1. The van der Waals surface area contributed by atoms with E-state index in [2.05, 4.69) is 23.0 Å². The van der Waals surface area contributed by atoms with Gasteiger partial charge in [-0.1, -0.05) is 0 Å². The first-order valence-corrected chi connectivity index (χ1v) is 1.24. The highest BCUT2D eigenvalue weighted by Crippen LogP contribution is 1.75. The molecule has 1 heterocycles. The van der Waals surface area contributed by atoms with Gasteiger partial charge in [-0.2, -0.15) is 0 Å². The van der Waals surface area contributed by atoms with Crippen molar-refractivity contribution in [2.75, 3.05) is 0 Å². The first kappa shape index (κ1) is 2.51. The molecule has 1 rings (SSSR count). The van der Waals surface area contributed by atoms with Crippen LogP contribution in [0, 0.1) is 18.6 Å². The normalized spacial score (nSPS) is 8.00. The van der Waals surface area contributed by atoms with Crippen LogP contribution in [0.25, 0.3) is 0 Å². The third-order valence-corrected chi connectivity index (χ3v) is 0.300. The molecule has 5 heavy (non-hydrogen) atoms. The first-order chi connectivity index (χ1) is 2.50. The van der Waals surface area contributed by atoms with Crippen LogP contribution in [0.4, 0.5) is 0 Å². The minimum atomic E-state index is 1.53. The van der Waals surface area contributed by atoms with E-state index in [4.69, 9.17) is 0 Å². The quantitative estimate of drug-likeness (QED) is 0.433. The fraction of sp³-hybridized carbons (Fsp3) is 0. The zero-order chi connectivity index (χ0) is 3.54. The summed E-state index contributed by atoms with van der Waals surface area (Å²) in [6.45, 7) is 0. The Balaban J connectivity index is 3.13. The number of rotatable bonds is 0.